The lowest BCUT2D eigenvalue weighted by molar-refractivity contribution is 0.177. The van der Waals surface area contributed by atoms with Crippen molar-refractivity contribution in [2.75, 3.05) is 19.6 Å². The van der Waals surface area contributed by atoms with E-state index in [0.717, 1.165) is 19.0 Å². The van der Waals surface area contributed by atoms with Crippen molar-refractivity contribution in [3.05, 3.63) is 18.2 Å². The zero-order valence-corrected chi connectivity index (χ0v) is 9.39. The lowest BCUT2D eigenvalue weighted by atomic mass is 9.97. The number of piperidine rings is 1. The van der Waals surface area contributed by atoms with Crippen molar-refractivity contribution < 1.29 is 0 Å². The summed E-state index contributed by atoms with van der Waals surface area (Å²) in [7, 11) is 2.05. The van der Waals surface area contributed by atoms with E-state index in [-0.39, 0.29) is 0 Å². The molecule has 0 amide bonds. The zero-order valence-electron chi connectivity index (χ0n) is 9.39. The van der Waals surface area contributed by atoms with E-state index in [1.54, 1.807) is 0 Å². The maximum absolute atomic E-state index is 5.68. The Kier molecular flexibility index (Phi) is 3.38. The van der Waals surface area contributed by atoms with Crippen molar-refractivity contribution in [2.45, 2.75) is 19.4 Å². The summed E-state index contributed by atoms with van der Waals surface area (Å²) in [6, 6.07) is 0. The summed E-state index contributed by atoms with van der Waals surface area (Å²) in [4.78, 5) is 6.62. The highest BCUT2D eigenvalue weighted by atomic mass is 15.2. The van der Waals surface area contributed by atoms with Crippen LogP contribution in [0.1, 0.15) is 18.5 Å². The van der Waals surface area contributed by atoms with Crippen LogP contribution < -0.4 is 5.73 Å². The van der Waals surface area contributed by atoms with E-state index >= 15 is 0 Å². The van der Waals surface area contributed by atoms with Crippen LogP contribution in [0, 0.1) is 5.92 Å². The van der Waals surface area contributed by atoms with Crippen molar-refractivity contribution in [3.63, 3.8) is 0 Å². The fourth-order valence-electron chi connectivity index (χ4n) is 2.15. The Bertz CT molecular complexity index is 299. The average molecular weight is 208 g/mol. The van der Waals surface area contributed by atoms with Gasteiger partial charge < -0.3 is 10.3 Å². The number of imidazole rings is 1. The van der Waals surface area contributed by atoms with Crippen LogP contribution in [0.3, 0.4) is 0 Å². The number of hydrogen-bond donors (Lipinski definition) is 1. The highest BCUT2D eigenvalue weighted by Crippen LogP contribution is 2.17. The van der Waals surface area contributed by atoms with E-state index in [4.69, 9.17) is 5.73 Å². The quantitative estimate of drug-likeness (QED) is 0.791. The van der Waals surface area contributed by atoms with E-state index in [1.165, 1.54) is 31.6 Å². The minimum atomic E-state index is 0.743. The monoisotopic (exact) mass is 208 g/mol. The van der Waals surface area contributed by atoms with E-state index in [9.17, 15) is 0 Å². The zero-order chi connectivity index (χ0) is 10.7. The normalized spacial score (nSPS) is 19.6. The van der Waals surface area contributed by atoms with E-state index in [2.05, 4.69) is 21.5 Å². The molecule has 1 saturated heterocycles. The SMILES string of the molecule is Cn1cncc1CN1CCC(CN)CC1. The Morgan fingerprint density at radius 2 is 2.20 bits per heavy atom. The summed E-state index contributed by atoms with van der Waals surface area (Å²) in [5.41, 5.74) is 6.97. The molecule has 0 bridgehead atoms. The molecule has 2 N–H and O–H groups in total. The number of nitrogens with zero attached hydrogens (tertiary/aromatic N) is 3. The van der Waals surface area contributed by atoms with Gasteiger partial charge in [0.25, 0.3) is 0 Å². The fraction of sp³-hybridized carbons (Fsp3) is 0.727. The van der Waals surface area contributed by atoms with Crippen LogP contribution in [-0.2, 0) is 13.6 Å². The summed E-state index contributed by atoms with van der Waals surface area (Å²) < 4.78 is 2.09. The maximum Gasteiger partial charge on any atom is 0.0945 e. The molecule has 0 radical (unpaired) electrons. The largest absolute Gasteiger partial charge is 0.337 e. The van der Waals surface area contributed by atoms with Gasteiger partial charge in [-0.1, -0.05) is 0 Å². The number of hydrogen-bond acceptors (Lipinski definition) is 3. The highest BCUT2D eigenvalue weighted by Gasteiger charge is 2.18. The molecule has 4 nitrogen and oxygen atoms in total. The first kappa shape index (κ1) is 10.6. The van der Waals surface area contributed by atoms with Crippen LogP contribution >= 0.6 is 0 Å². The molecule has 15 heavy (non-hydrogen) atoms. The van der Waals surface area contributed by atoms with Crippen molar-refractivity contribution in [1.29, 1.82) is 0 Å². The standard InChI is InChI=1S/C11H20N4/c1-14-9-13-7-11(14)8-15-4-2-10(6-12)3-5-15/h7,9-10H,2-6,8,12H2,1H3. The summed E-state index contributed by atoms with van der Waals surface area (Å²) in [5, 5.41) is 0. The summed E-state index contributed by atoms with van der Waals surface area (Å²) in [6.07, 6.45) is 6.31. The molecule has 0 saturated carbocycles. The third kappa shape index (κ3) is 2.58. The predicted molar refractivity (Wildman–Crippen MR) is 60.3 cm³/mol. The van der Waals surface area contributed by atoms with Crippen LogP contribution in [0.25, 0.3) is 0 Å². The Morgan fingerprint density at radius 1 is 1.47 bits per heavy atom. The van der Waals surface area contributed by atoms with Gasteiger partial charge in [0, 0.05) is 19.8 Å². The molecule has 84 valence electrons. The Balaban J connectivity index is 1.85. The Hall–Kier alpha value is -0.870. The smallest absolute Gasteiger partial charge is 0.0945 e. The molecular weight excluding hydrogens is 188 g/mol. The summed E-state index contributed by atoms with van der Waals surface area (Å²) in [5.74, 6) is 0.743. The lowest BCUT2D eigenvalue weighted by Gasteiger charge is -2.31. The minimum Gasteiger partial charge on any atom is -0.337 e. The van der Waals surface area contributed by atoms with Gasteiger partial charge >= 0.3 is 0 Å². The number of rotatable bonds is 3. The van der Waals surface area contributed by atoms with Gasteiger partial charge in [0.15, 0.2) is 0 Å². The molecule has 1 aliphatic heterocycles. The Morgan fingerprint density at radius 3 is 2.73 bits per heavy atom. The number of aromatic nitrogens is 2. The predicted octanol–water partition coefficient (Wildman–Crippen LogP) is 0.591. The molecule has 0 aliphatic carbocycles. The van der Waals surface area contributed by atoms with Gasteiger partial charge in [0.05, 0.1) is 12.0 Å². The van der Waals surface area contributed by atoms with Crippen molar-refractivity contribution in [1.82, 2.24) is 14.5 Å². The van der Waals surface area contributed by atoms with Crippen molar-refractivity contribution >= 4 is 0 Å². The second-order valence-electron chi connectivity index (χ2n) is 4.45. The maximum atomic E-state index is 5.68. The molecule has 1 aromatic rings. The summed E-state index contributed by atoms with van der Waals surface area (Å²) >= 11 is 0. The third-order valence-electron chi connectivity index (χ3n) is 3.34. The van der Waals surface area contributed by atoms with Crippen LogP contribution in [-0.4, -0.2) is 34.1 Å². The molecular formula is C11H20N4. The minimum absolute atomic E-state index is 0.743. The first-order valence-electron chi connectivity index (χ1n) is 5.67. The van der Waals surface area contributed by atoms with E-state index < -0.39 is 0 Å². The molecule has 1 aliphatic rings. The van der Waals surface area contributed by atoms with Crippen LogP contribution in [0.2, 0.25) is 0 Å². The molecule has 0 atom stereocenters. The van der Waals surface area contributed by atoms with Crippen LogP contribution in [0.15, 0.2) is 12.5 Å². The molecule has 2 heterocycles. The van der Waals surface area contributed by atoms with Gasteiger partial charge in [-0.15, -0.1) is 0 Å². The molecule has 1 aromatic heterocycles. The first-order valence-corrected chi connectivity index (χ1v) is 5.67. The second kappa shape index (κ2) is 4.77. The van der Waals surface area contributed by atoms with Gasteiger partial charge in [-0.05, 0) is 38.4 Å². The molecule has 4 heteroatoms. The van der Waals surface area contributed by atoms with Gasteiger partial charge in [0.1, 0.15) is 0 Å². The molecule has 2 rings (SSSR count). The first-order chi connectivity index (χ1) is 7.29. The van der Waals surface area contributed by atoms with E-state index in [0.29, 0.717) is 0 Å². The van der Waals surface area contributed by atoms with Gasteiger partial charge in [-0.3, -0.25) is 4.90 Å². The lowest BCUT2D eigenvalue weighted by Crippen LogP contribution is -2.35. The Labute approximate surface area is 91.1 Å². The molecule has 0 unspecified atom stereocenters. The van der Waals surface area contributed by atoms with Crippen LogP contribution in [0.4, 0.5) is 0 Å². The number of nitrogens with two attached hydrogens (primary N) is 1. The topological polar surface area (TPSA) is 47.1 Å². The van der Waals surface area contributed by atoms with Crippen LogP contribution in [0.5, 0.6) is 0 Å². The molecule has 0 spiro atoms. The number of likely N-dealkylation sites (tertiary alicyclic amines) is 1. The highest BCUT2D eigenvalue weighted by molar-refractivity contribution is 4.97. The van der Waals surface area contributed by atoms with E-state index in [1.807, 2.05) is 12.5 Å². The molecule has 0 aromatic carbocycles. The number of aryl methyl sites for hydroxylation is 1. The fourth-order valence-corrected chi connectivity index (χ4v) is 2.15. The van der Waals surface area contributed by atoms with Crippen molar-refractivity contribution in [3.8, 4) is 0 Å². The second-order valence-corrected chi connectivity index (χ2v) is 4.45. The molecule has 1 fully saturated rings. The van der Waals surface area contributed by atoms with Gasteiger partial charge in [-0.2, -0.15) is 0 Å². The van der Waals surface area contributed by atoms with Gasteiger partial charge in [0.2, 0.25) is 0 Å². The summed E-state index contributed by atoms with van der Waals surface area (Å²) in [6.45, 7) is 4.22. The average Bonchev–Trinajstić information content (AvgIpc) is 2.66. The third-order valence-corrected chi connectivity index (χ3v) is 3.34. The van der Waals surface area contributed by atoms with Crippen molar-refractivity contribution in [2.24, 2.45) is 18.7 Å². The van der Waals surface area contributed by atoms with Gasteiger partial charge in [-0.25, -0.2) is 4.98 Å².